The Morgan fingerprint density at radius 3 is 2.80 bits per heavy atom. The van der Waals surface area contributed by atoms with Crippen LogP contribution >= 0.6 is 22.7 Å². The number of carbonyl (C=O) groups is 2. The number of para-hydroxylation sites is 2. The summed E-state index contributed by atoms with van der Waals surface area (Å²) in [5, 5.41) is 12.3. The zero-order chi connectivity index (χ0) is 21.1. The summed E-state index contributed by atoms with van der Waals surface area (Å²) in [4.78, 5) is 34.5. The quantitative estimate of drug-likeness (QED) is 0.581. The van der Waals surface area contributed by atoms with Crippen molar-refractivity contribution < 1.29 is 14.3 Å². The Morgan fingerprint density at radius 1 is 1.20 bits per heavy atom. The van der Waals surface area contributed by atoms with Gasteiger partial charge in [0.15, 0.2) is 0 Å². The van der Waals surface area contributed by atoms with Crippen LogP contribution in [0, 0.1) is 0 Å². The second-order valence-corrected chi connectivity index (χ2v) is 7.97. The van der Waals surface area contributed by atoms with Gasteiger partial charge in [0, 0.05) is 22.0 Å². The molecule has 7 nitrogen and oxygen atoms in total. The number of rotatable bonds is 4. The van der Waals surface area contributed by atoms with E-state index in [4.69, 9.17) is 4.74 Å². The lowest BCUT2D eigenvalue weighted by atomic mass is 10.2. The number of hydrogen-bond acceptors (Lipinski definition) is 8. The second-order valence-electron chi connectivity index (χ2n) is 6.33. The molecule has 1 aromatic carbocycles. The van der Waals surface area contributed by atoms with Crippen LogP contribution in [0.2, 0.25) is 0 Å². The Kier molecular flexibility index (Phi) is 5.73. The number of allylic oxidation sites excluding steroid dienone is 1. The highest BCUT2D eigenvalue weighted by Gasteiger charge is 2.27. The van der Waals surface area contributed by atoms with Gasteiger partial charge in [-0.1, -0.05) is 12.1 Å². The third-order valence-corrected chi connectivity index (χ3v) is 5.86. The van der Waals surface area contributed by atoms with E-state index in [1.54, 1.807) is 36.6 Å². The number of fused-ring (bicyclic) bond motifs is 1. The number of nitrogens with zero attached hydrogens (tertiary/aromatic N) is 2. The molecule has 0 bridgehead atoms. The molecule has 9 heteroatoms. The molecule has 4 rings (SSSR count). The van der Waals surface area contributed by atoms with E-state index in [1.807, 2.05) is 35.0 Å². The Balaban J connectivity index is 1.68. The van der Waals surface area contributed by atoms with Gasteiger partial charge in [0.2, 0.25) is 0 Å². The van der Waals surface area contributed by atoms with Crippen LogP contribution in [0.25, 0.3) is 10.6 Å². The van der Waals surface area contributed by atoms with Crippen LogP contribution in [0.15, 0.2) is 62.7 Å². The molecule has 0 fully saturated rings. The van der Waals surface area contributed by atoms with Crippen molar-refractivity contribution in [2.75, 3.05) is 11.9 Å². The minimum absolute atomic E-state index is 0.124. The van der Waals surface area contributed by atoms with Crippen molar-refractivity contribution in [3.05, 3.63) is 63.4 Å². The fourth-order valence-electron chi connectivity index (χ4n) is 2.91. The van der Waals surface area contributed by atoms with Crippen LogP contribution in [0.5, 0.6) is 0 Å². The minimum Gasteiger partial charge on any atom is -0.462 e. The molecule has 3 aromatic rings. The number of aromatic nitrogens is 1. The first-order chi connectivity index (χ1) is 14.6. The van der Waals surface area contributed by atoms with Crippen LogP contribution in [-0.4, -0.2) is 29.3 Å². The SMILES string of the molecule is CCOC(=O)C1=C(C)Nc2ccccc2N=C1NC(=O)c1csc(-c2ccsc2)n1. The summed E-state index contributed by atoms with van der Waals surface area (Å²) < 4.78 is 5.20. The summed E-state index contributed by atoms with van der Waals surface area (Å²) in [6.45, 7) is 3.68. The molecule has 0 saturated carbocycles. The van der Waals surface area contributed by atoms with Gasteiger partial charge < -0.3 is 15.4 Å². The Morgan fingerprint density at radius 2 is 2.03 bits per heavy atom. The molecular formula is C21H18N4O3S2. The minimum atomic E-state index is -0.563. The molecule has 0 spiro atoms. The molecule has 0 aliphatic carbocycles. The number of aliphatic imine (C=N–C) groups is 1. The predicted octanol–water partition coefficient (Wildman–Crippen LogP) is 4.59. The second kappa shape index (κ2) is 8.60. The molecule has 3 heterocycles. The molecular weight excluding hydrogens is 420 g/mol. The highest BCUT2D eigenvalue weighted by atomic mass is 32.1. The van der Waals surface area contributed by atoms with E-state index < -0.39 is 11.9 Å². The van der Waals surface area contributed by atoms with E-state index in [0.717, 1.165) is 16.3 Å². The zero-order valence-corrected chi connectivity index (χ0v) is 17.9. The maximum Gasteiger partial charge on any atom is 0.343 e. The standard InChI is InChI=1S/C21H18N4O3S2/c1-3-28-21(27)17-12(2)22-14-6-4-5-7-15(14)23-18(17)25-19(26)16-11-30-20(24-16)13-8-9-29-10-13/h4-11,22H,3H2,1-2H3,(H,23,25,26). The van der Waals surface area contributed by atoms with E-state index in [2.05, 4.69) is 20.6 Å². The summed E-state index contributed by atoms with van der Waals surface area (Å²) in [6, 6.07) is 9.30. The van der Waals surface area contributed by atoms with Gasteiger partial charge in [-0.3, -0.25) is 4.79 Å². The number of thiazole rings is 1. The van der Waals surface area contributed by atoms with Crippen molar-refractivity contribution in [1.29, 1.82) is 0 Å². The summed E-state index contributed by atoms with van der Waals surface area (Å²) in [5.41, 5.74) is 3.27. The predicted molar refractivity (Wildman–Crippen MR) is 119 cm³/mol. The molecule has 0 saturated heterocycles. The summed E-state index contributed by atoms with van der Waals surface area (Å²) in [7, 11) is 0. The summed E-state index contributed by atoms with van der Waals surface area (Å²) in [5.74, 6) is -0.884. The molecule has 1 amide bonds. The fourth-order valence-corrected chi connectivity index (χ4v) is 4.42. The lowest BCUT2D eigenvalue weighted by Gasteiger charge is -2.12. The number of esters is 1. The molecule has 1 aliphatic rings. The molecule has 1 aliphatic heterocycles. The van der Waals surface area contributed by atoms with Crippen molar-refractivity contribution in [1.82, 2.24) is 10.3 Å². The van der Waals surface area contributed by atoms with Crippen LogP contribution in [0.3, 0.4) is 0 Å². The van der Waals surface area contributed by atoms with Gasteiger partial charge in [0.1, 0.15) is 22.1 Å². The topological polar surface area (TPSA) is 92.7 Å². The number of thiophene rings is 1. The number of benzene rings is 1. The average Bonchev–Trinajstić information content (AvgIpc) is 3.39. The average molecular weight is 439 g/mol. The maximum atomic E-state index is 12.9. The van der Waals surface area contributed by atoms with Crippen molar-refractivity contribution in [3.8, 4) is 10.6 Å². The summed E-state index contributed by atoms with van der Waals surface area (Å²) in [6.07, 6.45) is 0. The maximum absolute atomic E-state index is 12.9. The molecule has 0 unspecified atom stereocenters. The molecule has 0 atom stereocenters. The third kappa shape index (κ3) is 4.03. The van der Waals surface area contributed by atoms with Crippen LogP contribution < -0.4 is 10.6 Å². The lowest BCUT2D eigenvalue weighted by Crippen LogP contribution is -2.35. The first-order valence-corrected chi connectivity index (χ1v) is 11.0. The van der Waals surface area contributed by atoms with Gasteiger partial charge in [0.25, 0.3) is 5.91 Å². The Labute approximate surface area is 181 Å². The van der Waals surface area contributed by atoms with E-state index >= 15 is 0 Å². The van der Waals surface area contributed by atoms with Crippen LogP contribution in [0.4, 0.5) is 11.4 Å². The van der Waals surface area contributed by atoms with Crippen LogP contribution in [0.1, 0.15) is 24.3 Å². The molecule has 30 heavy (non-hydrogen) atoms. The number of amidine groups is 1. The molecule has 2 N–H and O–H groups in total. The van der Waals surface area contributed by atoms with Crippen molar-refractivity contribution in [3.63, 3.8) is 0 Å². The van der Waals surface area contributed by atoms with Crippen molar-refractivity contribution in [2.24, 2.45) is 4.99 Å². The third-order valence-electron chi connectivity index (χ3n) is 4.29. The Hall–Kier alpha value is -3.30. The van der Waals surface area contributed by atoms with E-state index in [-0.39, 0.29) is 23.7 Å². The van der Waals surface area contributed by atoms with Gasteiger partial charge in [-0.15, -0.1) is 11.3 Å². The lowest BCUT2D eigenvalue weighted by molar-refractivity contribution is -0.137. The van der Waals surface area contributed by atoms with Gasteiger partial charge in [-0.2, -0.15) is 11.3 Å². The first-order valence-electron chi connectivity index (χ1n) is 9.19. The fraction of sp³-hybridized carbons (Fsp3) is 0.143. The number of anilines is 1. The van der Waals surface area contributed by atoms with Gasteiger partial charge in [-0.25, -0.2) is 14.8 Å². The molecule has 2 aromatic heterocycles. The summed E-state index contributed by atoms with van der Waals surface area (Å²) >= 11 is 2.95. The largest absolute Gasteiger partial charge is 0.462 e. The smallest absolute Gasteiger partial charge is 0.343 e. The first kappa shape index (κ1) is 20.0. The van der Waals surface area contributed by atoms with E-state index in [9.17, 15) is 9.59 Å². The normalized spacial score (nSPS) is 13.1. The highest BCUT2D eigenvalue weighted by molar-refractivity contribution is 7.14. The number of nitrogens with one attached hydrogen (secondary N) is 2. The number of carbonyl (C=O) groups excluding carboxylic acids is 2. The van der Waals surface area contributed by atoms with Crippen molar-refractivity contribution >= 4 is 51.8 Å². The van der Waals surface area contributed by atoms with Crippen LogP contribution in [-0.2, 0) is 9.53 Å². The molecule has 0 radical (unpaired) electrons. The van der Waals surface area contributed by atoms with E-state index in [1.165, 1.54) is 11.3 Å². The highest BCUT2D eigenvalue weighted by Crippen LogP contribution is 2.30. The Bertz CT molecular complexity index is 1160. The number of ether oxygens (including phenoxy) is 1. The van der Waals surface area contributed by atoms with Gasteiger partial charge in [-0.05, 0) is 37.4 Å². The van der Waals surface area contributed by atoms with Crippen molar-refractivity contribution in [2.45, 2.75) is 13.8 Å². The molecule has 152 valence electrons. The zero-order valence-electron chi connectivity index (χ0n) is 16.3. The monoisotopic (exact) mass is 438 g/mol. The van der Waals surface area contributed by atoms with Gasteiger partial charge >= 0.3 is 5.97 Å². The number of amides is 1. The van der Waals surface area contributed by atoms with E-state index in [0.29, 0.717) is 11.4 Å². The van der Waals surface area contributed by atoms with Gasteiger partial charge in [0.05, 0.1) is 18.0 Å². The number of hydrogen-bond donors (Lipinski definition) is 2.